The zero-order valence-corrected chi connectivity index (χ0v) is 13.0. The molecule has 0 fully saturated rings. The number of benzene rings is 1. The molecule has 0 atom stereocenters. The third-order valence-corrected chi connectivity index (χ3v) is 3.31. The number of carbonyl (C=O) groups is 1. The van der Waals surface area contributed by atoms with Crippen LogP contribution in [0.5, 0.6) is 5.75 Å². The number of amides is 1. The summed E-state index contributed by atoms with van der Waals surface area (Å²) in [5, 5.41) is 13.1. The van der Waals surface area contributed by atoms with Gasteiger partial charge < -0.3 is 10.1 Å². The van der Waals surface area contributed by atoms with Crippen LogP contribution in [0, 0.1) is 6.92 Å². The highest BCUT2D eigenvalue weighted by Gasteiger charge is 2.37. The molecule has 1 N–H and O–H groups in total. The molecule has 0 spiro atoms. The van der Waals surface area contributed by atoms with Crippen LogP contribution in [0.1, 0.15) is 22.0 Å². The summed E-state index contributed by atoms with van der Waals surface area (Å²) in [6.07, 6.45) is -4.72. The number of hydrogen-bond donors (Lipinski definition) is 1. The molecule has 0 aliphatic rings. The Hall–Kier alpha value is -3.24. The zero-order valence-electron chi connectivity index (χ0n) is 13.0. The van der Waals surface area contributed by atoms with Gasteiger partial charge in [-0.1, -0.05) is 12.1 Å². The maximum Gasteiger partial charge on any atom is 0.453 e. The number of carbonyl (C=O) groups excluding carboxylic acids is 1. The van der Waals surface area contributed by atoms with Crippen LogP contribution in [0.4, 0.5) is 18.9 Å². The van der Waals surface area contributed by atoms with Gasteiger partial charge in [-0.15, -0.1) is 15.3 Å². The molecule has 25 heavy (non-hydrogen) atoms. The maximum absolute atomic E-state index is 12.7. The van der Waals surface area contributed by atoms with Gasteiger partial charge in [-0.2, -0.15) is 22.7 Å². The first kappa shape index (κ1) is 16.6. The average Bonchev–Trinajstić information content (AvgIpc) is 3.01. The topological polar surface area (TPSA) is 94.3 Å². The number of hydrogen-bond acceptors (Lipinski definition) is 6. The summed E-state index contributed by atoms with van der Waals surface area (Å²) in [5.74, 6) is -1.95. The number of anilines is 1. The first-order valence-corrected chi connectivity index (χ1v) is 6.93. The number of halogens is 3. The Morgan fingerprint density at radius 2 is 1.96 bits per heavy atom. The highest BCUT2D eigenvalue weighted by Crippen LogP contribution is 2.27. The van der Waals surface area contributed by atoms with E-state index in [2.05, 4.69) is 25.6 Å². The summed E-state index contributed by atoms with van der Waals surface area (Å²) < 4.78 is 44.1. The van der Waals surface area contributed by atoms with Crippen molar-refractivity contribution >= 4 is 17.4 Å². The molecule has 3 rings (SSSR count). The minimum Gasteiger partial charge on any atom is -0.495 e. The number of alkyl halides is 3. The summed E-state index contributed by atoms with van der Waals surface area (Å²) >= 11 is 0. The zero-order chi connectivity index (χ0) is 18.2. The number of para-hydroxylation sites is 2. The lowest BCUT2D eigenvalue weighted by Crippen LogP contribution is -2.19. The number of aromatic nitrogens is 5. The number of rotatable bonds is 3. The van der Waals surface area contributed by atoms with Crippen LogP contribution in [0.15, 0.2) is 24.3 Å². The van der Waals surface area contributed by atoms with Crippen molar-refractivity contribution in [3.63, 3.8) is 0 Å². The third kappa shape index (κ3) is 3.07. The van der Waals surface area contributed by atoms with Crippen molar-refractivity contribution in [2.45, 2.75) is 13.1 Å². The second-order valence-corrected chi connectivity index (χ2v) is 4.93. The fourth-order valence-corrected chi connectivity index (χ4v) is 2.12. The molecule has 3 aromatic rings. The Morgan fingerprint density at radius 1 is 1.24 bits per heavy atom. The average molecular weight is 352 g/mol. The van der Waals surface area contributed by atoms with E-state index in [1.807, 2.05) is 0 Å². The van der Waals surface area contributed by atoms with Gasteiger partial charge in [0, 0.05) is 0 Å². The van der Waals surface area contributed by atoms with Crippen molar-refractivity contribution in [2.75, 3.05) is 12.4 Å². The molecular formula is C14H11F3N6O2. The molecule has 0 saturated heterocycles. The van der Waals surface area contributed by atoms with Crippen LogP contribution in [-0.4, -0.2) is 37.8 Å². The van der Waals surface area contributed by atoms with Crippen molar-refractivity contribution in [1.29, 1.82) is 0 Å². The second-order valence-electron chi connectivity index (χ2n) is 4.93. The molecule has 0 radical (unpaired) electrons. The molecule has 130 valence electrons. The summed E-state index contributed by atoms with van der Waals surface area (Å²) in [7, 11) is 1.44. The largest absolute Gasteiger partial charge is 0.495 e. The van der Waals surface area contributed by atoms with Crippen LogP contribution >= 0.6 is 0 Å². The van der Waals surface area contributed by atoms with Crippen LogP contribution < -0.4 is 10.1 Å². The number of nitrogens with one attached hydrogen (secondary N) is 1. The molecule has 0 saturated carbocycles. The third-order valence-electron chi connectivity index (χ3n) is 3.31. The molecule has 1 aromatic carbocycles. The fraction of sp³-hybridized carbons (Fsp3) is 0.214. The Kier molecular flexibility index (Phi) is 3.99. The summed E-state index contributed by atoms with van der Waals surface area (Å²) in [5.41, 5.74) is 0.267. The summed E-state index contributed by atoms with van der Waals surface area (Å²) in [6.45, 7) is 1.40. The van der Waals surface area contributed by atoms with E-state index in [1.54, 1.807) is 24.3 Å². The monoisotopic (exact) mass is 352 g/mol. The number of aryl methyl sites for hydroxylation is 1. The Balaban J connectivity index is 1.98. The first-order valence-electron chi connectivity index (χ1n) is 6.93. The molecule has 8 nitrogen and oxygen atoms in total. The molecule has 0 aliphatic carbocycles. The van der Waals surface area contributed by atoms with Gasteiger partial charge in [-0.05, 0) is 19.1 Å². The molecule has 0 aliphatic heterocycles. The van der Waals surface area contributed by atoms with Crippen molar-refractivity contribution in [3.05, 3.63) is 41.5 Å². The normalized spacial score (nSPS) is 11.6. The van der Waals surface area contributed by atoms with Gasteiger partial charge in [0.05, 0.1) is 18.5 Å². The molecule has 1 amide bonds. The molecule has 0 bridgehead atoms. The lowest BCUT2D eigenvalue weighted by Gasteiger charge is -2.10. The molecular weight excluding hydrogens is 341 g/mol. The number of fused-ring (bicyclic) bond motifs is 1. The van der Waals surface area contributed by atoms with Crippen LogP contribution in [0.2, 0.25) is 0 Å². The van der Waals surface area contributed by atoms with Crippen molar-refractivity contribution in [1.82, 2.24) is 24.8 Å². The van der Waals surface area contributed by atoms with Crippen molar-refractivity contribution < 1.29 is 22.7 Å². The smallest absolute Gasteiger partial charge is 0.453 e. The van der Waals surface area contributed by atoms with Crippen molar-refractivity contribution in [3.8, 4) is 5.75 Å². The van der Waals surface area contributed by atoms with E-state index in [4.69, 9.17) is 4.74 Å². The molecule has 2 heterocycles. The standard InChI is InChI=1S/C14H11F3N6O2/c1-7-10(11(24)18-8-5-3-4-6-9(8)25-2)20-21-13-19-12(14(15,16)17)22-23(7)13/h3-6H,1-2H3,(H,18,24). The number of nitrogens with zero attached hydrogens (tertiary/aromatic N) is 5. The molecule has 11 heteroatoms. The fourth-order valence-electron chi connectivity index (χ4n) is 2.12. The minimum atomic E-state index is -4.72. The molecule has 2 aromatic heterocycles. The van der Waals surface area contributed by atoms with E-state index in [-0.39, 0.29) is 17.2 Å². The van der Waals surface area contributed by atoms with E-state index >= 15 is 0 Å². The van der Waals surface area contributed by atoms with E-state index in [0.29, 0.717) is 11.4 Å². The van der Waals surface area contributed by atoms with Crippen LogP contribution in [0.3, 0.4) is 0 Å². The summed E-state index contributed by atoms with van der Waals surface area (Å²) in [4.78, 5) is 15.7. The van der Waals surface area contributed by atoms with E-state index in [9.17, 15) is 18.0 Å². The predicted molar refractivity (Wildman–Crippen MR) is 79.3 cm³/mol. The van der Waals surface area contributed by atoms with Crippen LogP contribution in [-0.2, 0) is 6.18 Å². The Bertz CT molecular complexity index is 953. The SMILES string of the molecule is COc1ccccc1NC(=O)c1nnc2nc(C(F)(F)F)nn2c1C. The van der Waals surface area contributed by atoms with E-state index in [1.165, 1.54) is 14.0 Å². The summed E-state index contributed by atoms with van der Waals surface area (Å²) in [6, 6.07) is 6.66. The number of methoxy groups -OCH3 is 1. The Morgan fingerprint density at radius 3 is 2.64 bits per heavy atom. The van der Waals surface area contributed by atoms with Gasteiger partial charge in [0.25, 0.3) is 17.5 Å². The van der Waals surface area contributed by atoms with Gasteiger partial charge in [-0.25, -0.2) is 0 Å². The van der Waals surface area contributed by atoms with Gasteiger partial charge in [0.1, 0.15) is 5.75 Å². The predicted octanol–water partition coefficient (Wildman–Crippen LogP) is 2.11. The highest BCUT2D eigenvalue weighted by atomic mass is 19.4. The van der Waals surface area contributed by atoms with Gasteiger partial charge in [0.15, 0.2) is 5.69 Å². The highest BCUT2D eigenvalue weighted by molar-refractivity contribution is 6.04. The van der Waals surface area contributed by atoms with Gasteiger partial charge >= 0.3 is 6.18 Å². The second kappa shape index (κ2) is 6.00. The van der Waals surface area contributed by atoms with Crippen molar-refractivity contribution in [2.24, 2.45) is 0 Å². The first-order chi connectivity index (χ1) is 11.8. The Labute approximate surface area is 138 Å². The van der Waals surface area contributed by atoms with Gasteiger partial charge in [-0.3, -0.25) is 4.79 Å². The lowest BCUT2D eigenvalue weighted by molar-refractivity contribution is -0.144. The van der Waals surface area contributed by atoms with E-state index in [0.717, 1.165) is 4.52 Å². The maximum atomic E-state index is 12.7. The van der Waals surface area contributed by atoms with E-state index < -0.39 is 17.9 Å². The van der Waals surface area contributed by atoms with Crippen LogP contribution in [0.25, 0.3) is 5.78 Å². The van der Waals surface area contributed by atoms with Gasteiger partial charge in [0.2, 0.25) is 0 Å². The quantitative estimate of drug-likeness (QED) is 0.776. The number of ether oxygens (including phenoxy) is 1. The molecule has 0 unspecified atom stereocenters. The minimum absolute atomic E-state index is 0.0698. The lowest BCUT2D eigenvalue weighted by atomic mass is 10.2.